The third-order valence-corrected chi connectivity index (χ3v) is 6.17. The van der Waals surface area contributed by atoms with Crippen molar-refractivity contribution in [2.24, 2.45) is 0 Å². The van der Waals surface area contributed by atoms with Gasteiger partial charge in [-0.2, -0.15) is 0 Å². The van der Waals surface area contributed by atoms with Gasteiger partial charge in [0.15, 0.2) is 0 Å². The van der Waals surface area contributed by atoms with E-state index >= 15 is 0 Å². The van der Waals surface area contributed by atoms with E-state index in [2.05, 4.69) is 20.7 Å². The first-order valence-corrected chi connectivity index (χ1v) is 11.2. The highest BCUT2D eigenvalue weighted by molar-refractivity contribution is 9.10. The molecule has 0 radical (unpaired) electrons. The van der Waals surface area contributed by atoms with E-state index in [4.69, 9.17) is 16.3 Å². The van der Waals surface area contributed by atoms with E-state index in [-0.39, 0.29) is 17.1 Å². The summed E-state index contributed by atoms with van der Waals surface area (Å²) in [7, 11) is -4.04. The number of aryl methyl sites for hydroxylation is 1. The number of sulfonamides is 1. The summed E-state index contributed by atoms with van der Waals surface area (Å²) < 4.78 is 33.8. The number of nitrogens with one attached hydrogen (secondary N) is 1. The molecule has 0 fully saturated rings. The Bertz CT molecular complexity index is 1130. The van der Waals surface area contributed by atoms with Crippen molar-refractivity contribution in [1.29, 1.82) is 0 Å². The third kappa shape index (κ3) is 5.59. The Morgan fingerprint density at radius 2 is 1.69 bits per heavy atom. The van der Waals surface area contributed by atoms with Crippen LogP contribution in [-0.4, -0.2) is 14.3 Å². The minimum atomic E-state index is -4.04. The molecule has 29 heavy (non-hydrogen) atoms. The molecular weight excluding hydrogens is 478 g/mol. The first-order valence-electron chi connectivity index (χ1n) is 8.55. The zero-order valence-corrected chi connectivity index (χ0v) is 18.5. The van der Waals surface area contributed by atoms with Crippen LogP contribution in [0.1, 0.15) is 21.5 Å². The van der Waals surface area contributed by atoms with Crippen molar-refractivity contribution in [1.82, 2.24) is 4.72 Å². The number of carbonyl (C=O) groups is 1. The van der Waals surface area contributed by atoms with Crippen LogP contribution < -0.4 is 9.46 Å². The molecule has 0 saturated heterocycles. The molecule has 0 heterocycles. The highest BCUT2D eigenvalue weighted by atomic mass is 79.9. The molecule has 0 bridgehead atoms. The first-order chi connectivity index (χ1) is 13.7. The molecule has 1 amide bonds. The number of halogens is 2. The van der Waals surface area contributed by atoms with Gasteiger partial charge in [0.05, 0.1) is 10.5 Å². The standard InChI is InChI=1S/C21H17BrClNO4S/c1-14-2-11-19(20(12-14)28-13-15-3-5-16(22)6-4-15)21(25)24-29(26,27)18-9-7-17(23)8-10-18/h2-12H,13H2,1H3,(H,24,25). The van der Waals surface area contributed by atoms with Crippen molar-refractivity contribution < 1.29 is 17.9 Å². The highest BCUT2D eigenvalue weighted by Gasteiger charge is 2.21. The van der Waals surface area contributed by atoms with Crippen LogP contribution in [0.4, 0.5) is 0 Å². The van der Waals surface area contributed by atoms with E-state index in [0.29, 0.717) is 10.8 Å². The highest BCUT2D eigenvalue weighted by Crippen LogP contribution is 2.23. The fourth-order valence-electron chi connectivity index (χ4n) is 2.53. The number of rotatable bonds is 6. The fourth-order valence-corrected chi connectivity index (χ4v) is 3.88. The molecule has 0 aromatic heterocycles. The molecule has 0 aliphatic rings. The molecule has 0 unspecified atom stereocenters. The third-order valence-electron chi connectivity index (χ3n) is 4.04. The fraction of sp³-hybridized carbons (Fsp3) is 0.0952. The second-order valence-corrected chi connectivity index (χ2v) is 9.34. The monoisotopic (exact) mass is 493 g/mol. The molecule has 3 aromatic rings. The molecule has 5 nitrogen and oxygen atoms in total. The lowest BCUT2D eigenvalue weighted by Crippen LogP contribution is -2.31. The Hall–Kier alpha value is -2.35. The number of amides is 1. The smallest absolute Gasteiger partial charge is 0.268 e. The van der Waals surface area contributed by atoms with Gasteiger partial charge in [0.1, 0.15) is 12.4 Å². The minimum Gasteiger partial charge on any atom is -0.488 e. The summed E-state index contributed by atoms with van der Waals surface area (Å²) in [5.41, 5.74) is 1.92. The van der Waals surface area contributed by atoms with Crippen LogP contribution in [0.25, 0.3) is 0 Å². The maximum absolute atomic E-state index is 12.7. The Morgan fingerprint density at radius 3 is 2.34 bits per heavy atom. The van der Waals surface area contributed by atoms with E-state index in [9.17, 15) is 13.2 Å². The van der Waals surface area contributed by atoms with Crippen LogP contribution >= 0.6 is 27.5 Å². The molecule has 1 N–H and O–H groups in total. The van der Waals surface area contributed by atoms with Crippen LogP contribution in [0.2, 0.25) is 5.02 Å². The van der Waals surface area contributed by atoms with Gasteiger partial charge in [-0.3, -0.25) is 4.79 Å². The Balaban J connectivity index is 1.81. The maximum Gasteiger partial charge on any atom is 0.268 e. The Labute approximate surface area is 182 Å². The zero-order valence-electron chi connectivity index (χ0n) is 15.4. The summed E-state index contributed by atoms with van der Waals surface area (Å²) in [4.78, 5) is 12.6. The molecular formula is C21H17BrClNO4S. The molecule has 3 rings (SSSR count). The van der Waals surface area contributed by atoms with E-state index in [0.717, 1.165) is 15.6 Å². The molecule has 0 atom stereocenters. The molecule has 8 heteroatoms. The van der Waals surface area contributed by atoms with Crippen molar-refractivity contribution in [2.75, 3.05) is 0 Å². The van der Waals surface area contributed by atoms with Crippen LogP contribution in [0.3, 0.4) is 0 Å². The summed E-state index contributed by atoms with van der Waals surface area (Å²) in [5.74, 6) is -0.470. The lowest BCUT2D eigenvalue weighted by molar-refractivity contribution is 0.0977. The molecule has 0 aliphatic heterocycles. The molecule has 0 spiro atoms. The van der Waals surface area contributed by atoms with Gasteiger partial charge in [0.2, 0.25) is 0 Å². The van der Waals surface area contributed by atoms with Gasteiger partial charge >= 0.3 is 0 Å². The van der Waals surface area contributed by atoms with Gasteiger partial charge in [-0.15, -0.1) is 0 Å². The normalized spacial score (nSPS) is 11.1. The van der Waals surface area contributed by atoms with E-state index in [1.165, 1.54) is 24.3 Å². The number of carbonyl (C=O) groups excluding carboxylic acids is 1. The largest absolute Gasteiger partial charge is 0.488 e. The van der Waals surface area contributed by atoms with E-state index < -0.39 is 15.9 Å². The van der Waals surface area contributed by atoms with E-state index in [1.807, 2.05) is 31.2 Å². The van der Waals surface area contributed by atoms with Gasteiger partial charge < -0.3 is 4.74 Å². The van der Waals surface area contributed by atoms with Crippen LogP contribution in [0, 0.1) is 6.92 Å². The van der Waals surface area contributed by atoms with Gasteiger partial charge in [0, 0.05) is 9.50 Å². The molecule has 0 aliphatic carbocycles. The lowest BCUT2D eigenvalue weighted by atomic mass is 10.1. The van der Waals surface area contributed by atoms with Crippen molar-refractivity contribution in [3.05, 3.63) is 92.9 Å². The summed E-state index contributed by atoms with van der Waals surface area (Å²) in [6.45, 7) is 2.10. The Kier molecular flexibility index (Phi) is 6.62. The second kappa shape index (κ2) is 8.98. The van der Waals surface area contributed by atoms with Crippen molar-refractivity contribution >= 4 is 43.5 Å². The predicted octanol–water partition coefficient (Wildman–Crippen LogP) is 5.11. The molecule has 150 valence electrons. The SMILES string of the molecule is Cc1ccc(C(=O)NS(=O)(=O)c2ccc(Cl)cc2)c(OCc2ccc(Br)cc2)c1. The molecule has 3 aromatic carbocycles. The van der Waals surface area contributed by atoms with Crippen LogP contribution in [0.15, 0.2) is 76.1 Å². The number of hydrogen-bond donors (Lipinski definition) is 1. The Morgan fingerprint density at radius 1 is 1.03 bits per heavy atom. The zero-order chi connectivity index (χ0) is 21.0. The van der Waals surface area contributed by atoms with Crippen molar-refractivity contribution in [3.8, 4) is 5.75 Å². The summed E-state index contributed by atoms with van der Waals surface area (Å²) in [5, 5.41) is 0.400. The van der Waals surface area contributed by atoms with Gasteiger partial charge in [-0.25, -0.2) is 13.1 Å². The van der Waals surface area contributed by atoms with Gasteiger partial charge in [0.25, 0.3) is 15.9 Å². The summed E-state index contributed by atoms with van der Waals surface area (Å²) in [6, 6.07) is 18.1. The van der Waals surface area contributed by atoms with Crippen molar-refractivity contribution in [3.63, 3.8) is 0 Å². The van der Waals surface area contributed by atoms with Gasteiger partial charge in [-0.1, -0.05) is 45.7 Å². The van der Waals surface area contributed by atoms with Crippen LogP contribution in [-0.2, 0) is 16.6 Å². The summed E-state index contributed by atoms with van der Waals surface area (Å²) in [6.07, 6.45) is 0. The molecule has 0 saturated carbocycles. The number of benzene rings is 3. The average molecular weight is 495 g/mol. The minimum absolute atomic E-state index is 0.0558. The van der Waals surface area contributed by atoms with E-state index in [1.54, 1.807) is 18.2 Å². The van der Waals surface area contributed by atoms with Gasteiger partial charge in [-0.05, 0) is 66.6 Å². The van der Waals surface area contributed by atoms with Crippen LogP contribution in [0.5, 0.6) is 5.75 Å². The number of hydrogen-bond acceptors (Lipinski definition) is 4. The lowest BCUT2D eigenvalue weighted by Gasteiger charge is -2.13. The summed E-state index contributed by atoms with van der Waals surface area (Å²) >= 11 is 9.17. The maximum atomic E-state index is 12.7. The first kappa shape index (κ1) is 21.4. The second-order valence-electron chi connectivity index (χ2n) is 6.30. The topological polar surface area (TPSA) is 72.5 Å². The van der Waals surface area contributed by atoms with Crippen molar-refractivity contribution in [2.45, 2.75) is 18.4 Å². The average Bonchev–Trinajstić information content (AvgIpc) is 2.67. The predicted molar refractivity (Wildman–Crippen MR) is 116 cm³/mol. The quantitative estimate of drug-likeness (QED) is 0.517. The number of ether oxygens (including phenoxy) is 1.